The Bertz CT molecular complexity index is 411. The summed E-state index contributed by atoms with van der Waals surface area (Å²) < 4.78 is 0. The average Bonchev–Trinajstić information content (AvgIpc) is 2.47. The predicted molar refractivity (Wildman–Crippen MR) is 77.4 cm³/mol. The number of benzene rings is 1. The van der Waals surface area contributed by atoms with Crippen LogP contribution in [-0.2, 0) is 4.79 Å². The number of hydrogen-bond donors (Lipinski definition) is 2. The molecule has 102 valence electrons. The highest BCUT2D eigenvalue weighted by Crippen LogP contribution is 2.12. The first-order chi connectivity index (χ1) is 9.29. The smallest absolute Gasteiger partial charge is 0.275 e. The van der Waals surface area contributed by atoms with E-state index in [2.05, 4.69) is 41.1 Å². The number of nitrogens with one attached hydrogen (secondary N) is 2. The minimum atomic E-state index is 0.114. The molecule has 1 aliphatic rings. The van der Waals surface area contributed by atoms with Gasteiger partial charge in [-0.15, -0.1) is 6.58 Å². The summed E-state index contributed by atoms with van der Waals surface area (Å²) in [5, 5.41) is 2.83. The van der Waals surface area contributed by atoms with Crippen LogP contribution in [0.25, 0.3) is 0 Å². The van der Waals surface area contributed by atoms with Gasteiger partial charge in [0.1, 0.15) is 0 Å². The molecule has 1 saturated heterocycles. The fourth-order valence-corrected chi connectivity index (χ4v) is 2.37. The van der Waals surface area contributed by atoms with Crippen LogP contribution < -0.4 is 15.1 Å². The molecule has 0 unspecified atom stereocenters. The molecule has 1 aliphatic heterocycles. The van der Waals surface area contributed by atoms with E-state index < -0.39 is 0 Å². The maximum atomic E-state index is 11.6. The first-order valence-electron chi connectivity index (χ1n) is 6.81. The molecular formula is C15H22N3O+. The lowest BCUT2D eigenvalue weighted by molar-refractivity contribution is -0.892. The number of piperazine rings is 1. The molecule has 2 N–H and O–H groups in total. The topological polar surface area (TPSA) is 36.8 Å². The van der Waals surface area contributed by atoms with E-state index in [1.165, 1.54) is 10.6 Å². The number of amides is 1. The summed E-state index contributed by atoms with van der Waals surface area (Å²) in [6.45, 7) is 8.76. The van der Waals surface area contributed by atoms with Gasteiger partial charge in [0.2, 0.25) is 0 Å². The number of rotatable bonds is 5. The van der Waals surface area contributed by atoms with Gasteiger partial charge in [0.15, 0.2) is 6.54 Å². The SMILES string of the molecule is C=CCNC(=O)C[NH+]1CCN(c2ccccc2)CC1. The number of carbonyl (C=O) groups is 1. The minimum absolute atomic E-state index is 0.114. The van der Waals surface area contributed by atoms with E-state index in [1.807, 2.05) is 6.07 Å². The van der Waals surface area contributed by atoms with Crippen molar-refractivity contribution in [2.75, 3.05) is 44.2 Å². The fraction of sp³-hybridized carbons (Fsp3) is 0.400. The van der Waals surface area contributed by atoms with Crippen LogP contribution in [0.1, 0.15) is 0 Å². The molecule has 1 aromatic carbocycles. The van der Waals surface area contributed by atoms with Crippen LogP contribution in [0.2, 0.25) is 0 Å². The Labute approximate surface area is 114 Å². The zero-order valence-electron chi connectivity index (χ0n) is 11.3. The Hall–Kier alpha value is -1.81. The second kappa shape index (κ2) is 6.95. The van der Waals surface area contributed by atoms with Crippen LogP contribution in [0.15, 0.2) is 43.0 Å². The maximum Gasteiger partial charge on any atom is 0.275 e. The number of para-hydroxylation sites is 1. The highest BCUT2D eigenvalue weighted by atomic mass is 16.2. The lowest BCUT2D eigenvalue weighted by Gasteiger charge is -2.33. The molecule has 0 bridgehead atoms. The molecule has 19 heavy (non-hydrogen) atoms. The summed E-state index contributed by atoms with van der Waals surface area (Å²) >= 11 is 0. The predicted octanol–water partition coefficient (Wildman–Crippen LogP) is -0.306. The number of hydrogen-bond acceptors (Lipinski definition) is 2. The summed E-state index contributed by atoms with van der Waals surface area (Å²) in [5.74, 6) is 0.114. The molecule has 1 fully saturated rings. The zero-order valence-corrected chi connectivity index (χ0v) is 11.3. The Kier molecular flexibility index (Phi) is 4.98. The summed E-state index contributed by atoms with van der Waals surface area (Å²) in [6.07, 6.45) is 1.71. The average molecular weight is 260 g/mol. The van der Waals surface area contributed by atoms with Crippen molar-refractivity contribution in [2.45, 2.75) is 0 Å². The van der Waals surface area contributed by atoms with Crippen molar-refractivity contribution in [3.05, 3.63) is 43.0 Å². The molecular weight excluding hydrogens is 238 g/mol. The van der Waals surface area contributed by atoms with Crippen molar-refractivity contribution in [1.29, 1.82) is 0 Å². The van der Waals surface area contributed by atoms with Crippen LogP contribution in [0.5, 0.6) is 0 Å². The molecule has 4 nitrogen and oxygen atoms in total. The van der Waals surface area contributed by atoms with Crippen LogP contribution >= 0.6 is 0 Å². The third-order valence-electron chi connectivity index (χ3n) is 3.45. The van der Waals surface area contributed by atoms with E-state index in [4.69, 9.17) is 0 Å². The van der Waals surface area contributed by atoms with Crippen molar-refractivity contribution in [3.63, 3.8) is 0 Å². The minimum Gasteiger partial charge on any atom is -0.360 e. The molecule has 0 saturated carbocycles. The first kappa shape index (κ1) is 13.6. The largest absolute Gasteiger partial charge is 0.360 e. The third-order valence-corrected chi connectivity index (χ3v) is 3.45. The molecule has 0 atom stereocenters. The quantitative estimate of drug-likeness (QED) is 0.713. The molecule has 1 amide bonds. The lowest BCUT2D eigenvalue weighted by Crippen LogP contribution is -3.15. The summed E-state index contributed by atoms with van der Waals surface area (Å²) in [4.78, 5) is 15.4. The van der Waals surface area contributed by atoms with Crippen molar-refractivity contribution in [2.24, 2.45) is 0 Å². The molecule has 1 aromatic rings. The Morgan fingerprint density at radius 3 is 2.63 bits per heavy atom. The van der Waals surface area contributed by atoms with Gasteiger partial charge in [0, 0.05) is 12.2 Å². The zero-order chi connectivity index (χ0) is 13.5. The van der Waals surface area contributed by atoms with Gasteiger partial charge in [-0.05, 0) is 12.1 Å². The van der Waals surface area contributed by atoms with E-state index in [1.54, 1.807) is 6.08 Å². The van der Waals surface area contributed by atoms with Gasteiger partial charge < -0.3 is 15.1 Å². The van der Waals surface area contributed by atoms with Gasteiger partial charge in [-0.3, -0.25) is 4.79 Å². The fourth-order valence-electron chi connectivity index (χ4n) is 2.37. The Balaban J connectivity index is 1.76. The van der Waals surface area contributed by atoms with Crippen molar-refractivity contribution < 1.29 is 9.69 Å². The maximum absolute atomic E-state index is 11.6. The first-order valence-corrected chi connectivity index (χ1v) is 6.81. The summed E-state index contributed by atoms with van der Waals surface area (Å²) in [5.41, 5.74) is 1.28. The lowest BCUT2D eigenvalue weighted by atomic mass is 10.2. The molecule has 0 radical (unpaired) electrons. The van der Waals surface area contributed by atoms with Crippen LogP contribution in [0.3, 0.4) is 0 Å². The van der Waals surface area contributed by atoms with Gasteiger partial charge in [-0.2, -0.15) is 0 Å². The van der Waals surface area contributed by atoms with E-state index in [0.29, 0.717) is 13.1 Å². The molecule has 0 aromatic heterocycles. The van der Waals surface area contributed by atoms with Gasteiger partial charge in [-0.1, -0.05) is 24.3 Å². The van der Waals surface area contributed by atoms with Gasteiger partial charge in [0.05, 0.1) is 26.2 Å². The van der Waals surface area contributed by atoms with Gasteiger partial charge in [0.25, 0.3) is 5.91 Å². The Morgan fingerprint density at radius 1 is 1.32 bits per heavy atom. The molecule has 4 heteroatoms. The van der Waals surface area contributed by atoms with E-state index in [9.17, 15) is 4.79 Å². The standard InChI is InChI=1S/C15H21N3O/c1-2-8-16-15(19)13-17-9-11-18(12-10-17)14-6-4-3-5-7-14/h2-7H,1,8-13H2,(H,16,19)/p+1. The number of anilines is 1. The van der Waals surface area contributed by atoms with Crippen molar-refractivity contribution in [1.82, 2.24) is 5.32 Å². The summed E-state index contributed by atoms with van der Waals surface area (Å²) in [7, 11) is 0. The highest BCUT2D eigenvalue weighted by Gasteiger charge is 2.21. The number of carbonyl (C=O) groups excluding carboxylic acids is 1. The van der Waals surface area contributed by atoms with Crippen LogP contribution in [-0.4, -0.2) is 45.2 Å². The van der Waals surface area contributed by atoms with Crippen LogP contribution in [0.4, 0.5) is 5.69 Å². The van der Waals surface area contributed by atoms with E-state index in [-0.39, 0.29) is 5.91 Å². The summed E-state index contributed by atoms with van der Waals surface area (Å²) in [6, 6.07) is 10.5. The number of quaternary nitrogens is 1. The van der Waals surface area contributed by atoms with E-state index in [0.717, 1.165) is 26.2 Å². The third kappa shape index (κ3) is 4.10. The number of nitrogens with zero attached hydrogens (tertiary/aromatic N) is 1. The van der Waals surface area contributed by atoms with Gasteiger partial charge in [-0.25, -0.2) is 0 Å². The second-order valence-corrected chi connectivity index (χ2v) is 4.84. The van der Waals surface area contributed by atoms with Crippen LogP contribution in [0, 0.1) is 0 Å². The highest BCUT2D eigenvalue weighted by molar-refractivity contribution is 5.76. The molecule has 1 heterocycles. The van der Waals surface area contributed by atoms with Gasteiger partial charge >= 0.3 is 0 Å². The normalized spacial score (nSPS) is 16.1. The van der Waals surface area contributed by atoms with E-state index >= 15 is 0 Å². The Morgan fingerprint density at radius 2 is 2.00 bits per heavy atom. The monoisotopic (exact) mass is 260 g/mol. The second-order valence-electron chi connectivity index (χ2n) is 4.84. The van der Waals surface area contributed by atoms with Crippen molar-refractivity contribution in [3.8, 4) is 0 Å². The molecule has 2 rings (SSSR count). The molecule has 0 spiro atoms. The molecule has 0 aliphatic carbocycles. The van der Waals surface area contributed by atoms with Crippen molar-refractivity contribution >= 4 is 11.6 Å².